The van der Waals surface area contributed by atoms with Crippen LogP contribution in [0.3, 0.4) is 0 Å². The van der Waals surface area contributed by atoms with Crippen LogP contribution in [0.1, 0.15) is 5.56 Å². The SMILES string of the molecule is N[C@H](Cc1ccccc1)C(=O)Nc1cc(Cl)nc(Cl)n1. The Hall–Kier alpha value is -1.69. The first-order valence-electron chi connectivity index (χ1n) is 5.85. The highest BCUT2D eigenvalue weighted by molar-refractivity contribution is 6.32. The molecule has 2 aromatic rings. The molecule has 1 atom stereocenters. The van der Waals surface area contributed by atoms with Crippen molar-refractivity contribution >= 4 is 34.9 Å². The van der Waals surface area contributed by atoms with Gasteiger partial charge < -0.3 is 11.1 Å². The van der Waals surface area contributed by atoms with Gasteiger partial charge in [0.15, 0.2) is 0 Å². The van der Waals surface area contributed by atoms with Crippen molar-refractivity contribution < 1.29 is 4.79 Å². The summed E-state index contributed by atoms with van der Waals surface area (Å²) in [6.45, 7) is 0. The second-order valence-corrected chi connectivity index (χ2v) is 4.86. The Bertz CT molecular complexity index is 586. The van der Waals surface area contributed by atoms with Crippen LogP contribution in [0.2, 0.25) is 10.4 Å². The van der Waals surface area contributed by atoms with Crippen molar-refractivity contribution in [3.8, 4) is 0 Å². The van der Waals surface area contributed by atoms with E-state index in [1.807, 2.05) is 30.3 Å². The molecule has 0 saturated carbocycles. The number of benzene rings is 1. The van der Waals surface area contributed by atoms with Crippen molar-refractivity contribution in [2.45, 2.75) is 12.5 Å². The first-order chi connectivity index (χ1) is 9.54. The molecule has 1 amide bonds. The maximum atomic E-state index is 12.0. The van der Waals surface area contributed by atoms with Crippen molar-refractivity contribution in [1.29, 1.82) is 0 Å². The maximum Gasteiger partial charge on any atom is 0.242 e. The zero-order valence-corrected chi connectivity index (χ0v) is 11.9. The molecule has 5 nitrogen and oxygen atoms in total. The van der Waals surface area contributed by atoms with E-state index >= 15 is 0 Å². The molecule has 3 N–H and O–H groups in total. The number of nitrogens with zero attached hydrogens (tertiary/aromatic N) is 2. The molecule has 0 aliphatic rings. The highest BCUT2D eigenvalue weighted by atomic mass is 35.5. The summed E-state index contributed by atoms with van der Waals surface area (Å²) in [4.78, 5) is 19.5. The van der Waals surface area contributed by atoms with E-state index in [2.05, 4.69) is 15.3 Å². The normalized spacial score (nSPS) is 11.9. The molecule has 1 heterocycles. The van der Waals surface area contributed by atoms with Gasteiger partial charge in [-0.2, -0.15) is 0 Å². The average molecular weight is 311 g/mol. The number of aromatic nitrogens is 2. The number of anilines is 1. The Kier molecular flexibility index (Phi) is 4.89. The topological polar surface area (TPSA) is 80.9 Å². The van der Waals surface area contributed by atoms with Crippen LogP contribution >= 0.6 is 23.2 Å². The molecule has 0 fully saturated rings. The Morgan fingerprint density at radius 3 is 2.60 bits per heavy atom. The van der Waals surface area contributed by atoms with E-state index in [0.717, 1.165) is 5.56 Å². The fraction of sp³-hybridized carbons (Fsp3) is 0.154. The van der Waals surface area contributed by atoms with Crippen LogP contribution in [-0.2, 0) is 11.2 Å². The standard InChI is InChI=1S/C13H12Cl2N4O/c14-10-7-11(19-13(15)17-10)18-12(20)9(16)6-8-4-2-1-3-5-8/h1-5,7,9H,6,16H2,(H,17,18,19,20)/t9-/m1/s1. The molecule has 0 unspecified atom stereocenters. The van der Waals surface area contributed by atoms with Crippen molar-refractivity contribution in [1.82, 2.24) is 9.97 Å². The number of nitrogens with two attached hydrogens (primary N) is 1. The molecule has 0 saturated heterocycles. The zero-order valence-electron chi connectivity index (χ0n) is 10.4. The first-order valence-corrected chi connectivity index (χ1v) is 6.60. The van der Waals surface area contributed by atoms with Crippen LogP contribution in [0.15, 0.2) is 36.4 Å². The molecule has 0 aliphatic carbocycles. The molecule has 1 aromatic heterocycles. The minimum absolute atomic E-state index is 0.0376. The zero-order chi connectivity index (χ0) is 14.5. The molecule has 2 rings (SSSR count). The summed E-state index contributed by atoms with van der Waals surface area (Å²) in [6.07, 6.45) is 0.430. The van der Waals surface area contributed by atoms with Gasteiger partial charge in [-0.05, 0) is 23.6 Å². The van der Waals surface area contributed by atoms with Gasteiger partial charge in [-0.15, -0.1) is 0 Å². The summed E-state index contributed by atoms with van der Waals surface area (Å²) < 4.78 is 0. The van der Waals surface area contributed by atoms with E-state index in [1.54, 1.807) is 0 Å². The van der Waals surface area contributed by atoms with E-state index < -0.39 is 6.04 Å². The number of nitrogens with one attached hydrogen (secondary N) is 1. The summed E-state index contributed by atoms with van der Waals surface area (Å²) in [5, 5.41) is 2.67. The van der Waals surface area contributed by atoms with Crippen molar-refractivity contribution in [2.24, 2.45) is 5.73 Å². The Morgan fingerprint density at radius 2 is 1.95 bits per heavy atom. The number of hydrogen-bond acceptors (Lipinski definition) is 4. The molecule has 0 bridgehead atoms. The second-order valence-electron chi connectivity index (χ2n) is 4.13. The summed E-state index contributed by atoms with van der Waals surface area (Å²) in [6, 6.07) is 10.2. The van der Waals surface area contributed by atoms with Crippen molar-refractivity contribution in [3.63, 3.8) is 0 Å². The Balaban J connectivity index is 2.00. The Morgan fingerprint density at radius 1 is 1.25 bits per heavy atom. The van der Waals surface area contributed by atoms with E-state index in [4.69, 9.17) is 28.9 Å². The van der Waals surface area contributed by atoms with Gasteiger partial charge in [0.1, 0.15) is 11.0 Å². The number of rotatable bonds is 4. The van der Waals surface area contributed by atoms with Gasteiger partial charge in [-0.25, -0.2) is 9.97 Å². The third kappa shape index (κ3) is 4.16. The van der Waals surface area contributed by atoms with Gasteiger partial charge >= 0.3 is 0 Å². The first kappa shape index (κ1) is 14.7. The molecular formula is C13H12Cl2N4O. The Labute approximate surface area is 126 Å². The highest BCUT2D eigenvalue weighted by Crippen LogP contribution is 2.14. The lowest BCUT2D eigenvalue weighted by atomic mass is 10.1. The number of carbonyl (C=O) groups is 1. The summed E-state index contributed by atoms with van der Waals surface area (Å²) in [7, 11) is 0. The van der Waals surface area contributed by atoms with Gasteiger partial charge in [-0.3, -0.25) is 4.79 Å². The van der Waals surface area contributed by atoms with Crippen LogP contribution < -0.4 is 11.1 Å². The van der Waals surface area contributed by atoms with Gasteiger partial charge in [-0.1, -0.05) is 41.9 Å². The minimum Gasteiger partial charge on any atom is -0.320 e. The fourth-order valence-electron chi connectivity index (χ4n) is 1.63. The second kappa shape index (κ2) is 6.65. The summed E-state index contributed by atoms with van der Waals surface area (Å²) >= 11 is 11.4. The van der Waals surface area contributed by atoms with Crippen LogP contribution in [0.4, 0.5) is 5.82 Å². The molecule has 20 heavy (non-hydrogen) atoms. The van der Waals surface area contributed by atoms with Crippen LogP contribution in [0, 0.1) is 0 Å². The van der Waals surface area contributed by atoms with Gasteiger partial charge in [0.05, 0.1) is 6.04 Å². The lowest BCUT2D eigenvalue weighted by Gasteiger charge is -2.12. The molecular weight excluding hydrogens is 299 g/mol. The van der Waals surface area contributed by atoms with Crippen LogP contribution in [0.25, 0.3) is 0 Å². The van der Waals surface area contributed by atoms with E-state index in [9.17, 15) is 4.79 Å². The van der Waals surface area contributed by atoms with Crippen LogP contribution in [0.5, 0.6) is 0 Å². The van der Waals surface area contributed by atoms with Crippen molar-refractivity contribution in [3.05, 3.63) is 52.4 Å². The number of halogens is 2. The van der Waals surface area contributed by atoms with Gasteiger partial charge in [0.25, 0.3) is 0 Å². The average Bonchev–Trinajstić information content (AvgIpc) is 2.38. The molecule has 0 spiro atoms. The third-order valence-corrected chi connectivity index (χ3v) is 2.92. The quantitative estimate of drug-likeness (QED) is 0.670. The summed E-state index contributed by atoms with van der Waals surface area (Å²) in [5.74, 6) is -0.136. The lowest BCUT2D eigenvalue weighted by Crippen LogP contribution is -2.37. The number of amides is 1. The largest absolute Gasteiger partial charge is 0.320 e. The van der Waals surface area contributed by atoms with Gasteiger partial charge in [0.2, 0.25) is 11.2 Å². The van der Waals surface area contributed by atoms with Crippen molar-refractivity contribution in [2.75, 3.05) is 5.32 Å². The lowest BCUT2D eigenvalue weighted by molar-refractivity contribution is -0.117. The molecule has 0 radical (unpaired) electrons. The number of carbonyl (C=O) groups excluding carboxylic acids is 1. The predicted molar refractivity (Wildman–Crippen MR) is 78.8 cm³/mol. The number of hydrogen-bond donors (Lipinski definition) is 2. The minimum atomic E-state index is -0.690. The maximum absolute atomic E-state index is 12.0. The highest BCUT2D eigenvalue weighted by Gasteiger charge is 2.15. The van der Waals surface area contributed by atoms with Crippen LogP contribution in [-0.4, -0.2) is 21.9 Å². The monoisotopic (exact) mass is 310 g/mol. The molecule has 0 aliphatic heterocycles. The predicted octanol–water partition coefficient (Wildman–Crippen LogP) is 2.29. The van der Waals surface area contributed by atoms with Gasteiger partial charge in [0, 0.05) is 6.07 Å². The summed E-state index contributed by atoms with van der Waals surface area (Å²) in [5.41, 5.74) is 6.83. The fourth-order valence-corrected chi connectivity index (χ4v) is 2.04. The smallest absolute Gasteiger partial charge is 0.242 e. The van der Waals surface area contributed by atoms with E-state index in [0.29, 0.717) is 6.42 Å². The third-order valence-electron chi connectivity index (χ3n) is 2.55. The van der Waals surface area contributed by atoms with E-state index in [1.165, 1.54) is 6.07 Å². The molecule has 104 valence electrons. The molecule has 7 heteroatoms. The van der Waals surface area contributed by atoms with E-state index in [-0.39, 0.29) is 22.2 Å². The molecule has 1 aromatic carbocycles.